The summed E-state index contributed by atoms with van der Waals surface area (Å²) in [5.41, 5.74) is 8.27. The molecular formula is C10H9ClN2. The van der Waals surface area contributed by atoms with E-state index in [1.165, 1.54) is 0 Å². The lowest BCUT2D eigenvalue weighted by molar-refractivity contribution is 1.33. The van der Waals surface area contributed by atoms with Gasteiger partial charge in [0.1, 0.15) is 0 Å². The molecule has 0 aliphatic rings. The van der Waals surface area contributed by atoms with Crippen LogP contribution in [0.4, 0.5) is 5.69 Å². The number of rotatable bonds is 0. The van der Waals surface area contributed by atoms with E-state index in [4.69, 9.17) is 17.3 Å². The maximum absolute atomic E-state index is 6.11. The Hall–Kier alpha value is -1.28. The van der Waals surface area contributed by atoms with Crippen LogP contribution in [0.2, 0.25) is 5.02 Å². The van der Waals surface area contributed by atoms with E-state index in [9.17, 15) is 0 Å². The number of nitrogen functional groups attached to an aromatic ring is 1. The highest BCUT2D eigenvalue weighted by Gasteiger charge is 2.05. The molecule has 3 heteroatoms. The molecule has 1 aromatic heterocycles. The smallest absolute Gasteiger partial charge is 0.0737 e. The van der Waals surface area contributed by atoms with Gasteiger partial charge in [-0.2, -0.15) is 0 Å². The molecule has 0 spiro atoms. The number of aromatic nitrogens is 1. The van der Waals surface area contributed by atoms with Gasteiger partial charge < -0.3 is 5.73 Å². The van der Waals surface area contributed by atoms with Crippen molar-refractivity contribution in [3.63, 3.8) is 0 Å². The second-order valence-corrected chi connectivity index (χ2v) is 3.37. The molecule has 0 saturated carbocycles. The van der Waals surface area contributed by atoms with Crippen molar-refractivity contribution in [2.45, 2.75) is 6.92 Å². The summed E-state index contributed by atoms with van der Waals surface area (Å²) in [6.45, 7) is 1.92. The van der Waals surface area contributed by atoms with Crippen LogP contribution in [-0.4, -0.2) is 4.98 Å². The van der Waals surface area contributed by atoms with Crippen LogP contribution in [0.15, 0.2) is 24.4 Å². The third-order valence-electron chi connectivity index (χ3n) is 2.04. The van der Waals surface area contributed by atoms with Gasteiger partial charge in [0.15, 0.2) is 0 Å². The van der Waals surface area contributed by atoms with Crippen molar-refractivity contribution in [2.75, 3.05) is 5.73 Å². The van der Waals surface area contributed by atoms with Gasteiger partial charge in [0.2, 0.25) is 0 Å². The Morgan fingerprint density at radius 1 is 1.38 bits per heavy atom. The van der Waals surface area contributed by atoms with Crippen LogP contribution in [0, 0.1) is 6.92 Å². The van der Waals surface area contributed by atoms with Gasteiger partial charge in [0.25, 0.3) is 0 Å². The summed E-state index contributed by atoms with van der Waals surface area (Å²) in [4.78, 5) is 4.24. The van der Waals surface area contributed by atoms with Gasteiger partial charge in [-0.1, -0.05) is 17.7 Å². The molecule has 0 saturated heterocycles. The zero-order valence-corrected chi connectivity index (χ0v) is 7.97. The molecule has 2 rings (SSSR count). The molecular weight excluding hydrogens is 184 g/mol. The number of pyridine rings is 1. The van der Waals surface area contributed by atoms with Gasteiger partial charge >= 0.3 is 0 Å². The number of hydrogen-bond acceptors (Lipinski definition) is 2. The van der Waals surface area contributed by atoms with E-state index in [1.807, 2.05) is 25.1 Å². The SMILES string of the molecule is Cc1cnc2cccc(N)c2c1Cl. The van der Waals surface area contributed by atoms with Crippen LogP contribution in [0.5, 0.6) is 0 Å². The van der Waals surface area contributed by atoms with E-state index in [1.54, 1.807) is 6.20 Å². The number of halogens is 1. The molecule has 0 fully saturated rings. The molecule has 0 atom stereocenters. The quantitative estimate of drug-likeness (QED) is 0.652. The number of anilines is 1. The molecule has 66 valence electrons. The van der Waals surface area contributed by atoms with E-state index < -0.39 is 0 Å². The minimum absolute atomic E-state index is 0.679. The highest BCUT2D eigenvalue weighted by Crippen LogP contribution is 2.29. The first kappa shape index (κ1) is 8.32. The number of nitrogens with zero attached hydrogens (tertiary/aromatic N) is 1. The standard InChI is InChI=1S/C10H9ClN2/c1-6-5-13-8-4-2-3-7(12)9(8)10(6)11/h2-5H,12H2,1H3. The van der Waals surface area contributed by atoms with Crippen molar-refractivity contribution in [1.82, 2.24) is 4.98 Å². The van der Waals surface area contributed by atoms with E-state index in [2.05, 4.69) is 4.98 Å². The minimum atomic E-state index is 0.679. The zero-order valence-electron chi connectivity index (χ0n) is 7.21. The van der Waals surface area contributed by atoms with Crippen molar-refractivity contribution in [1.29, 1.82) is 0 Å². The Kier molecular flexibility index (Phi) is 1.85. The van der Waals surface area contributed by atoms with Crippen molar-refractivity contribution in [3.05, 3.63) is 35.0 Å². The first-order valence-electron chi connectivity index (χ1n) is 3.99. The van der Waals surface area contributed by atoms with Gasteiger partial charge in [-0.25, -0.2) is 0 Å². The fourth-order valence-corrected chi connectivity index (χ4v) is 1.58. The molecule has 2 nitrogen and oxygen atoms in total. The van der Waals surface area contributed by atoms with Crippen LogP contribution in [-0.2, 0) is 0 Å². The summed E-state index contributed by atoms with van der Waals surface area (Å²) < 4.78 is 0. The van der Waals surface area contributed by atoms with Gasteiger partial charge in [-0.05, 0) is 24.6 Å². The van der Waals surface area contributed by atoms with Gasteiger partial charge in [-0.3, -0.25) is 4.98 Å². The molecule has 0 aliphatic carbocycles. The molecule has 0 aliphatic heterocycles. The summed E-state index contributed by atoms with van der Waals surface area (Å²) in [6.07, 6.45) is 1.75. The molecule has 0 unspecified atom stereocenters. The fourth-order valence-electron chi connectivity index (χ4n) is 1.32. The predicted molar refractivity (Wildman–Crippen MR) is 55.9 cm³/mol. The van der Waals surface area contributed by atoms with Gasteiger partial charge in [0, 0.05) is 17.3 Å². The van der Waals surface area contributed by atoms with Crippen LogP contribution in [0.25, 0.3) is 10.9 Å². The maximum Gasteiger partial charge on any atom is 0.0737 e. The summed E-state index contributed by atoms with van der Waals surface area (Å²) in [5, 5.41) is 1.55. The van der Waals surface area contributed by atoms with E-state index >= 15 is 0 Å². The van der Waals surface area contributed by atoms with Crippen LogP contribution >= 0.6 is 11.6 Å². The van der Waals surface area contributed by atoms with Gasteiger partial charge in [-0.15, -0.1) is 0 Å². The minimum Gasteiger partial charge on any atom is -0.398 e. The lowest BCUT2D eigenvalue weighted by Crippen LogP contribution is -1.90. The molecule has 2 N–H and O–H groups in total. The third kappa shape index (κ3) is 1.23. The van der Waals surface area contributed by atoms with Crippen molar-refractivity contribution in [2.24, 2.45) is 0 Å². The second-order valence-electron chi connectivity index (χ2n) is 3.00. The monoisotopic (exact) mass is 192 g/mol. The summed E-state index contributed by atoms with van der Waals surface area (Å²) in [6, 6.07) is 5.60. The summed E-state index contributed by atoms with van der Waals surface area (Å²) >= 11 is 6.11. The highest BCUT2D eigenvalue weighted by atomic mass is 35.5. The molecule has 1 aromatic carbocycles. The Labute approximate surface area is 81.3 Å². The number of nitrogens with two attached hydrogens (primary N) is 1. The first-order valence-corrected chi connectivity index (χ1v) is 4.37. The Morgan fingerprint density at radius 3 is 2.92 bits per heavy atom. The Morgan fingerprint density at radius 2 is 2.15 bits per heavy atom. The molecule has 1 heterocycles. The average molecular weight is 193 g/mol. The number of fused-ring (bicyclic) bond motifs is 1. The van der Waals surface area contributed by atoms with Crippen LogP contribution in [0.3, 0.4) is 0 Å². The number of aryl methyl sites for hydroxylation is 1. The topological polar surface area (TPSA) is 38.9 Å². The third-order valence-corrected chi connectivity index (χ3v) is 2.52. The highest BCUT2D eigenvalue weighted by molar-refractivity contribution is 6.37. The lowest BCUT2D eigenvalue weighted by atomic mass is 10.1. The molecule has 0 radical (unpaired) electrons. The lowest BCUT2D eigenvalue weighted by Gasteiger charge is -2.04. The summed E-state index contributed by atoms with van der Waals surface area (Å²) in [5.74, 6) is 0. The first-order chi connectivity index (χ1) is 6.20. The largest absolute Gasteiger partial charge is 0.398 e. The fraction of sp³-hybridized carbons (Fsp3) is 0.100. The van der Waals surface area contributed by atoms with E-state index in [-0.39, 0.29) is 0 Å². The number of hydrogen-bond donors (Lipinski definition) is 1. The van der Waals surface area contributed by atoms with E-state index in [0.29, 0.717) is 10.7 Å². The van der Waals surface area contributed by atoms with Gasteiger partial charge in [0.05, 0.1) is 10.5 Å². The second kappa shape index (κ2) is 2.89. The maximum atomic E-state index is 6.11. The van der Waals surface area contributed by atoms with E-state index in [0.717, 1.165) is 16.5 Å². The van der Waals surface area contributed by atoms with Crippen LogP contribution in [0.1, 0.15) is 5.56 Å². The molecule has 2 aromatic rings. The average Bonchev–Trinajstić information content (AvgIpc) is 2.12. The molecule has 0 bridgehead atoms. The molecule has 0 amide bonds. The Bertz CT molecular complexity index is 466. The van der Waals surface area contributed by atoms with Crippen molar-refractivity contribution < 1.29 is 0 Å². The molecule has 13 heavy (non-hydrogen) atoms. The number of benzene rings is 1. The summed E-state index contributed by atoms with van der Waals surface area (Å²) in [7, 11) is 0. The normalized spacial score (nSPS) is 10.6. The zero-order chi connectivity index (χ0) is 9.42. The Balaban J connectivity index is 2.97. The van der Waals surface area contributed by atoms with Crippen molar-refractivity contribution in [3.8, 4) is 0 Å². The predicted octanol–water partition coefficient (Wildman–Crippen LogP) is 2.78. The van der Waals surface area contributed by atoms with Crippen molar-refractivity contribution >= 4 is 28.2 Å². The van der Waals surface area contributed by atoms with Crippen LogP contribution < -0.4 is 5.73 Å².